The maximum Gasteiger partial charge on any atom is 0.255 e. The zero-order chi connectivity index (χ0) is 16.8. The Morgan fingerprint density at radius 2 is 2.21 bits per heavy atom. The number of ether oxygens (including phenoxy) is 1. The van der Waals surface area contributed by atoms with E-state index in [-0.39, 0.29) is 5.91 Å². The number of H-pyrrole nitrogens is 1. The zero-order valence-electron chi connectivity index (χ0n) is 14.0. The number of aromatic nitrogens is 3. The number of hydrogen-bond acceptors (Lipinski definition) is 4. The van der Waals surface area contributed by atoms with Crippen LogP contribution < -0.4 is 10.1 Å². The van der Waals surface area contributed by atoms with Crippen molar-refractivity contribution < 1.29 is 9.53 Å². The highest BCUT2D eigenvalue weighted by molar-refractivity contribution is 5.95. The Morgan fingerprint density at radius 1 is 1.38 bits per heavy atom. The first-order valence-corrected chi connectivity index (χ1v) is 8.67. The summed E-state index contributed by atoms with van der Waals surface area (Å²) in [6, 6.07) is 3.75. The summed E-state index contributed by atoms with van der Waals surface area (Å²) in [5.41, 5.74) is 2.50. The van der Waals surface area contributed by atoms with E-state index in [0.717, 1.165) is 24.1 Å². The second kappa shape index (κ2) is 7.95. The van der Waals surface area contributed by atoms with Gasteiger partial charge in [0.25, 0.3) is 5.91 Å². The molecule has 0 aliphatic heterocycles. The Kier molecular flexibility index (Phi) is 5.46. The van der Waals surface area contributed by atoms with Crippen molar-refractivity contribution in [2.24, 2.45) is 0 Å². The molecular formula is C18H24N4O2. The Hall–Kier alpha value is -2.37. The van der Waals surface area contributed by atoms with Crippen LogP contribution in [0.2, 0.25) is 0 Å². The summed E-state index contributed by atoms with van der Waals surface area (Å²) in [5, 5.41) is 10.1. The van der Waals surface area contributed by atoms with E-state index in [0.29, 0.717) is 30.5 Å². The van der Waals surface area contributed by atoms with Crippen molar-refractivity contribution in [1.29, 1.82) is 0 Å². The maximum atomic E-state index is 12.6. The van der Waals surface area contributed by atoms with E-state index >= 15 is 0 Å². The maximum absolute atomic E-state index is 12.6. The molecule has 2 aromatic heterocycles. The minimum Gasteiger partial charge on any atom is -0.478 e. The molecule has 1 aliphatic carbocycles. The topological polar surface area (TPSA) is 79.9 Å². The number of nitrogens with one attached hydrogen (secondary N) is 2. The summed E-state index contributed by atoms with van der Waals surface area (Å²) in [5.74, 6) is 0.884. The molecule has 6 nitrogen and oxygen atoms in total. The molecule has 0 spiro atoms. The molecule has 0 aromatic carbocycles. The number of rotatable bonds is 6. The van der Waals surface area contributed by atoms with Crippen LogP contribution in [-0.4, -0.2) is 27.7 Å². The van der Waals surface area contributed by atoms with Crippen molar-refractivity contribution in [3.8, 4) is 5.88 Å². The average Bonchev–Trinajstić information content (AvgIpc) is 3.11. The van der Waals surface area contributed by atoms with Crippen LogP contribution in [0.3, 0.4) is 0 Å². The first kappa shape index (κ1) is 16.5. The van der Waals surface area contributed by atoms with E-state index in [1.54, 1.807) is 12.4 Å². The van der Waals surface area contributed by atoms with Crippen LogP contribution in [-0.2, 0) is 6.54 Å². The highest BCUT2D eigenvalue weighted by Gasteiger charge is 2.23. The Balaban J connectivity index is 1.67. The van der Waals surface area contributed by atoms with Gasteiger partial charge in [-0.2, -0.15) is 5.10 Å². The van der Waals surface area contributed by atoms with Gasteiger partial charge in [0.05, 0.1) is 24.1 Å². The zero-order valence-corrected chi connectivity index (χ0v) is 14.0. The van der Waals surface area contributed by atoms with Gasteiger partial charge in [0.1, 0.15) is 0 Å². The molecule has 1 amide bonds. The minimum absolute atomic E-state index is 0.101. The van der Waals surface area contributed by atoms with Gasteiger partial charge in [-0.15, -0.1) is 0 Å². The largest absolute Gasteiger partial charge is 0.478 e. The van der Waals surface area contributed by atoms with Crippen molar-refractivity contribution >= 4 is 5.91 Å². The molecule has 0 unspecified atom stereocenters. The molecule has 2 heterocycles. The highest BCUT2D eigenvalue weighted by atomic mass is 16.5. The molecule has 0 radical (unpaired) electrons. The number of carbonyl (C=O) groups is 1. The van der Waals surface area contributed by atoms with Crippen LogP contribution in [0, 0.1) is 0 Å². The predicted octanol–water partition coefficient (Wildman–Crippen LogP) is 3.18. The van der Waals surface area contributed by atoms with Crippen molar-refractivity contribution in [3.05, 3.63) is 41.3 Å². The lowest BCUT2D eigenvalue weighted by Crippen LogP contribution is -2.24. The normalized spacial score (nSPS) is 15.2. The fourth-order valence-electron chi connectivity index (χ4n) is 3.28. The lowest BCUT2D eigenvalue weighted by atomic mass is 9.85. The minimum atomic E-state index is -0.101. The summed E-state index contributed by atoms with van der Waals surface area (Å²) in [4.78, 5) is 16.8. The van der Waals surface area contributed by atoms with Crippen LogP contribution in [0.5, 0.6) is 5.88 Å². The second-order valence-corrected chi connectivity index (χ2v) is 6.12. The quantitative estimate of drug-likeness (QED) is 0.853. The van der Waals surface area contributed by atoms with Gasteiger partial charge in [0.2, 0.25) is 5.88 Å². The van der Waals surface area contributed by atoms with Gasteiger partial charge < -0.3 is 10.1 Å². The van der Waals surface area contributed by atoms with Crippen molar-refractivity contribution in [1.82, 2.24) is 20.5 Å². The fraction of sp³-hybridized carbons (Fsp3) is 0.500. The molecule has 0 saturated heterocycles. The van der Waals surface area contributed by atoms with E-state index in [9.17, 15) is 4.79 Å². The molecule has 3 rings (SSSR count). The third kappa shape index (κ3) is 3.75. The van der Waals surface area contributed by atoms with Gasteiger partial charge in [-0.3, -0.25) is 9.89 Å². The summed E-state index contributed by atoms with van der Waals surface area (Å²) in [7, 11) is 0. The summed E-state index contributed by atoms with van der Waals surface area (Å²) in [6.07, 6.45) is 9.29. The number of aromatic amines is 1. The number of carbonyl (C=O) groups excluding carboxylic acids is 1. The fourth-order valence-corrected chi connectivity index (χ4v) is 3.28. The highest BCUT2D eigenvalue weighted by Crippen LogP contribution is 2.33. The molecular weight excluding hydrogens is 304 g/mol. The van der Waals surface area contributed by atoms with Crippen LogP contribution >= 0.6 is 0 Å². The molecule has 1 fully saturated rings. The summed E-state index contributed by atoms with van der Waals surface area (Å²) in [6.45, 7) is 2.85. The molecule has 0 bridgehead atoms. The molecule has 6 heteroatoms. The molecule has 0 atom stereocenters. The summed E-state index contributed by atoms with van der Waals surface area (Å²) < 4.78 is 5.50. The number of amides is 1. The number of nitrogens with zero attached hydrogens (tertiary/aromatic N) is 2. The van der Waals surface area contributed by atoms with Crippen LogP contribution in [0.1, 0.15) is 66.6 Å². The van der Waals surface area contributed by atoms with E-state index in [1.165, 1.54) is 19.3 Å². The second-order valence-electron chi connectivity index (χ2n) is 6.12. The lowest BCUT2D eigenvalue weighted by molar-refractivity contribution is 0.0949. The first-order valence-electron chi connectivity index (χ1n) is 8.67. The number of pyridine rings is 1. The van der Waals surface area contributed by atoms with E-state index in [4.69, 9.17) is 4.74 Å². The van der Waals surface area contributed by atoms with E-state index in [1.807, 2.05) is 19.1 Å². The van der Waals surface area contributed by atoms with Crippen molar-refractivity contribution in [2.75, 3.05) is 6.61 Å². The van der Waals surface area contributed by atoms with Crippen molar-refractivity contribution in [2.45, 2.75) is 51.5 Å². The lowest BCUT2D eigenvalue weighted by Gasteiger charge is -2.21. The Bertz CT molecular complexity index is 677. The average molecular weight is 328 g/mol. The number of hydrogen-bond donors (Lipinski definition) is 2. The summed E-state index contributed by atoms with van der Waals surface area (Å²) >= 11 is 0. The van der Waals surface area contributed by atoms with Crippen molar-refractivity contribution in [3.63, 3.8) is 0 Å². The van der Waals surface area contributed by atoms with E-state index < -0.39 is 0 Å². The van der Waals surface area contributed by atoms with Gasteiger partial charge in [0, 0.05) is 24.2 Å². The first-order chi connectivity index (χ1) is 11.8. The third-order valence-corrected chi connectivity index (χ3v) is 4.50. The monoisotopic (exact) mass is 328 g/mol. The molecule has 1 aliphatic rings. The molecule has 1 saturated carbocycles. The smallest absolute Gasteiger partial charge is 0.255 e. The van der Waals surface area contributed by atoms with Gasteiger partial charge in [-0.1, -0.05) is 25.3 Å². The van der Waals surface area contributed by atoms with Gasteiger partial charge in [-0.05, 0) is 25.8 Å². The third-order valence-electron chi connectivity index (χ3n) is 4.50. The predicted molar refractivity (Wildman–Crippen MR) is 91.0 cm³/mol. The van der Waals surface area contributed by atoms with Crippen LogP contribution in [0.4, 0.5) is 0 Å². The van der Waals surface area contributed by atoms with E-state index in [2.05, 4.69) is 20.5 Å². The van der Waals surface area contributed by atoms with Gasteiger partial charge in [0.15, 0.2) is 0 Å². The molecule has 2 N–H and O–H groups in total. The van der Waals surface area contributed by atoms with Gasteiger partial charge >= 0.3 is 0 Å². The van der Waals surface area contributed by atoms with Crippen LogP contribution in [0.15, 0.2) is 24.5 Å². The van der Waals surface area contributed by atoms with Gasteiger partial charge in [-0.25, -0.2) is 4.98 Å². The molecule has 2 aromatic rings. The Labute approximate surface area is 142 Å². The molecule has 128 valence electrons. The SMILES string of the molecule is CCOc1ncccc1CNC(=O)c1cn[nH]c1C1CCCCC1. The van der Waals surface area contributed by atoms with Crippen LogP contribution in [0.25, 0.3) is 0 Å². The standard InChI is InChI=1S/C18H24N4O2/c1-2-24-18-14(9-6-10-19-18)11-20-17(23)15-12-21-22-16(15)13-7-4-3-5-8-13/h6,9-10,12-13H,2-5,7-8,11H2,1H3,(H,20,23)(H,21,22). The molecule has 24 heavy (non-hydrogen) atoms. The Morgan fingerprint density at radius 3 is 3.00 bits per heavy atom.